The first kappa shape index (κ1) is 18.0. The maximum Gasteiger partial charge on any atom is 0.357 e. The van der Waals surface area contributed by atoms with E-state index in [1.165, 1.54) is 0 Å². The molecule has 2 aromatic heterocycles. The van der Waals surface area contributed by atoms with Gasteiger partial charge in [-0.15, -0.1) is 6.58 Å². The molecule has 28 heavy (non-hydrogen) atoms. The van der Waals surface area contributed by atoms with Crippen LogP contribution in [-0.4, -0.2) is 27.2 Å². The van der Waals surface area contributed by atoms with Crippen LogP contribution in [0, 0.1) is 6.92 Å². The molecule has 0 radical (unpaired) electrons. The lowest BCUT2D eigenvalue weighted by atomic mass is 9.97. The second-order valence-electron chi connectivity index (χ2n) is 6.88. The summed E-state index contributed by atoms with van der Waals surface area (Å²) in [5, 5.41) is 14.1. The molecule has 0 spiro atoms. The largest absolute Gasteiger partial charge is 0.508 e. The maximum absolute atomic E-state index is 12.5. The van der Waals surface area contributed by atoms with E-state index in [9.17, 15) is 9.90 Å². The SMILES string of the molecule is C=CCc1c(O)ccc2c1c1cc3c(C(=O)OCC)nccc3c(C)c1n2C. The lowest BCUT2D eigenvalue weighted by Crippen LogP contribution is -2.08. The summed E-state index contributed by atoms with van der Waals surface area (Å²) in [6, 6.07) is 7.56. The quantitative estimate of drug-likeness (QED) is 0.412. The van der Waals surface area contributed by atoms with Crippen molar-refractivity contribution in [3.8, 4) is 5.75 Å². The van der Waals surface area contributed by atoms with Crippen molar-refractivity contribution in [1.29, 1.82) is 0 Å². The van der Waals surface area contributed by atoms with Gasteiger partial charge in [0.15, 0.2) is 5.69 Å². The molecule has 0 saturated carbocycles. The normalized spacial score (nSPS) is 11.4. The summed E-state index contributed by atoms with van der Waals surface area (Å²) in [5.41, 5.74) is 4.29. The average molecular weight is 374 g/mol. The van der Waals surface area contributed by atoms with Gasteiger partial charge in [0.2, 0.25) is 0 Å². The molecular weight excluding hydrogens is 352 g/mol. The fourth-order valence-electron chi connectivity index (χ4n) is 4.15. The van der Waals surface area contributed by atoms with Gasteiger partial charge in [0, 0.05) is 40.5 Å². The molecule has 0 fully saturated rings. The van der Waals surface area contributed by atoms with Crippen molar-refractivity contribution in [2.75, 3.05) is 6.61 Å². The van der Waals surface area contributed by atoms with Gasteiger partial charge in [0.05, 0.1) is 12.1 Å². The van der Waals surface area contributed by atoms with Crippen LogP contribution in [0.25, 0.3) is 32.6 Å². The third kappa shape index (κ3) is 2.47. The van der Waals surface area contributed by atoms with Crippen LogP contribution in [-0.2, 0) is 18.2 Å². The van der Waals surface area contributed by atoms with Gasteiger partial charge in [-0.3, -0.25) is 0 Å². The van der Waals surface area contributed by atoms with Crippen LogP contribution in [0.1, 0.15) is 28.5 Å². The number of phenolic OH excluding ortho intramolecular Hbond substituents is 1. The zero-order valence-corrected chi connectivity index (χ0v) is 16.2. The molecule has 2 heterocycles. The standard InChI is InChI=1S/C23H22N2O3/c1-5-7-15-19(26)9-8-18-20(15)17-12-16-14(13(3)22(17)25(18)4)10-11-24-21(16)23(27)28-6-2/h5,8-12,26H,1,6-7H2,2-4H3. The number of rotatable bonds is 4. The lowest BCUT2D eigenvalue weighted by Gasteiger charge is -2.10. The highest BCUT2D eigenvalue weighted by molar-refractivity contribution is 6.18. The molecule has 4 rings (SSSR count). The highest BCUT2D eigenvalue weighted by Gasteiger charge is 2.20. The number of carbonyl (C=O) groups excluding carboxylic acids is 1. The second kappa shape index (κ2) is 6.68. The van der Waals surface area contributed by atoms with E-state index >= 15 is 0 Å². The minimum Gasteiger partial charge on any atom is -0.508 e. The first-order valence-corrected chi connectivity index (χ1v) is 9.28. The molecule has 0 unspecified atom stereocenters. The van der Waals surface area contributed by atoms with Crippen molar-refractivity contribution in [3.05, 3.63) is 59.9 Å². The fourth-order valence-corrected chi connectivity index (χ4v) is 4.15. The van der Waals surface area contributed by atoms with Crippen molar-refractivity contribution in [3.63, 3.8) is 0 Å². The fraction of sp³-hybridized carbons (Fsp3) is 0.217. The Bertz CT molecular complexity index is 1270. The van der Waals surface area contributed by atoms with E-state index < -0.39 is 5.97 Å². The minimum absolute atomic E-state index is 0.245. The molecule has 1 N–H and O–H groups in total. The molecule has 4 aromatic rings. The number of carbonyl (C=O) groups is 1. The lowest BCUT2D eigenvalue weighted by molar-refractivity contribution is 0.0522. The van der Waals surface area contributed by atoms with Gasteiger partial charge in [-0.2, -0.15) is 0 Å². The first-order valence-electron chi connectivity index (χ1n) is 9.28. The summed E-state index contributed by atoms with van der Waals surface area (Å²) in [6.07, 6.45) is 3.98. The topological polar surface area (TPSA) is 64.3 Å². The van der Waals surface area contributed by atoms with Gasteiger partial charge in [-0.05, 0) is 55.5 Å². The number of hydrogen-bond acceptors (Lipinski definition) is 4. The number of phenols is 1. The van der Waals surface area contributed by atoms with E-state index in [4.69, 9.17) is 4.74 Å². The summed E-state index contributed by atoms with van der Waals surface area (Å²) in [4.78, 5) is 16.7. The number of benzene rings is 2. The number of nitrogens with zero attached hydrogens (tertiary/aromatic N) is 2. The van der Waals surface area contributed by atoms with Crippen molar-refractivity contribution in [2.24, 2.45) is 7.05 Å². The summed E-state index contributed by atoms with van der Waals surface area (Å²) < 4.78 is 7.34. The summed E-state index contributed by atoms with van der Waals surface area (Å²) in [7, 11) is 2.02. The van der Waals surface area contributed by atoms with E-state index in [0.29, 0.717) is 18.7 Å². The molecule has 0 aliphatic carbocycles. The van der Waals surface area contributed by atoms with Crippen molar-refractivity contribution in [2.45, 2.75) is 20.3 Å². The number of aromatic nitrogens is 2. The smallest absolute Gasteiger partial charge is 0.357 e. The number of aromatic hydroxyl groups is 1. The Morgan fingerprint density at radius 1 is 1.29 bits per heavy atom. The Hall–Kier alpha value is -3.34. The van der Waals surface area contributed by atoms with Crippen LogP contribution in [0.15, 0.2) is 43.1 Å². The molecule has 5 nitrogen and oxygen atoms in total. The minimum atomic E-state index is -0.429. The molecule has 5 heteroatoms. The van der Waals surface area contributed by atoms with Crippen molar-refractivity contribution < 1.29 is 14.6 Å². The van der Waals surface area contributed by atoms with Crippen LogP contribution in [0.2, 0.25) is 0 Å². The average Bonchev–Trinajstić information content (AvgIpc) is 2.96. The van der Waals surface area contributed by atoms with Crippen LogP contribution in [0.4, 0.5) is 0 Å². The van der Waals surface area contributed by atoms with Crippen LogP contribution in [0.5, 0.6) is 5.75 Å². The van der Waals surface area contributed by atoms with E-state index in [0.717, 1.165) is 43.7 Å². The van der Waals surface area contributed by atoms with Gasteiger partial charge < -0.3 is 14.4 Å². The van der Waals surface area contributed by atoms with E-state index in [1.54, 1.807) is 25.3 Å². The number of esters is 1. The summed E-state index contributed by atoms with van der Waals surface area (Å²) in [6.45, 7) is 7.95. The summed E-state index contributed by atoms with van der Waals surface area (Å²) in [5.74, 6) is -0.185. The highest BCUT2D eigenvalue weighted by Crippen LogP contribution is 2.39. The van der Waals surface area contributed by atoms with Crippen molar-refractivity contribution in [1.82, 2.24) is 9.55 Å². The Morgan fingerprint density at radius 3 is 2.79 bits per heavy atom. The Morgan fingerprint density at radius 2 is 2.07 bits per heavy atom. The second-order valence-corrected chi connectivity index (χ2v) is 6.88. The molecule has 0 aliphatic rings. The third-order valence-corrected chi connectivity index (χ3v) is 5.34. The number of fused-ring (bicyclic) bond motifs is 4. The van der Waals surface area contributed by atoms with E-state index in [2.05, 4.69) is 16.1 Å². The molecule has 0 saturated heterocycles. The Kier molecular flexibility index (Phi) is 4.30. The number of allylic oxidation sites excluding steroid dienone is 1. The Balaban J connectivity index is 2.21. The van der Waals surface area contributed by atoms with E-state index in [1.807, 2.05) is 32.2 Å². The van der Waals surface area contributed by atoms with Crippen LogP contribution in [0.3, 0.4) is 0 Å². The monoisotopic (exact) mass is 374 g/mol. The molecule has 0 aliphatic heterocycles. The van der Waals surface area contributed by atoms with Gasteiger partial charge in [0.25, 0.3) is 0 Å². The van der Waals surface area contributed by atoms with Gasteiger partial charge in [-0.25, -0.2) is 9.78 Å². The number of hydrogen-bond donors (Lipinski definition) is 1. The zero-order chi connectivity index (χ0) is 20.0. The predicted molar refractivity (Wildman–Crippen MR) is 112 cm³/mol. The number of pyridine rings is 1. The Labute approximate surface area is 162 Å². The molecule has 0 bridgehead atoms. The summed E-state index contributed by atoms with van der Waals surface area (Å²) >= 11 is 0. The molecule has 142 valence electrons. The number of ether oxygens (including phenoxy) is 1. The molecule has 0 amide bonds. The highest BCUT2D eigenvalue weighted by atomic mass is 16.5. The van der Waals surface area contributed by atoms with Crippen LogP contribution >= 0.6 is 0 Å². The zero-order valence-electron chi connectivity index (χ0n) is 16.2. The third-order valence-electron chi connectivity index (χ3n) is 5.34. The van der Waals surface area contributed by atoms with Crippen LogP contribution < -0.4 is 0 Å². The molecular formula is C23H22N2O3. The molecule has 0 atom stereocenters. The maximum atomic E-state index is 12.5. The molecule has 2 aromatic carbocycles. The number of aryl methyl sites for hydroxylation is 2. The van der Waals surface area contributed by atoms with Gasteiger partial charge in [-0.1, -0.05) is 6.08 Å². The van der Waals surface area contributed by atoms with Gasteiger partial charge >= 0.3 is 5.97 Å². The first-order chi connectivity index (χ1) is 13.5. The van der Waals surface area contributed by atoms with Gasteiger partial charge in [0.1, 0.15) is 5.75 Å². The van der Waals surface area contributed by atoms with Crippen molar-refractivity contribution >= 4 is 38.5 Å². The van der Waals surface area contributed by atoms with E-state index in [-0.39, 0.29) is 5.75 Å². The predicted octanol–water partition coefficient (Wildman–Crippen LogP) is 4.80.